The molecule has 0 radical (unpaired) electrons. The van der Waals surface area contributed by atoms with E-state index in [-0.39, 0.29) is 0 Å². The van der Waals surface area contributed by atoms with Crippen LogP contribution >= 0.6 is 0 Å². The number of rotatable bonds is 12. The summed E-state index contributed by atoms with van der Waals surface area (Å²) >= 11 is 0. The van der Waals surface area contributed by atoms with Crippen LogP contribution in [0, 0.1) is 6.92 Å². The molecule has 2 heterocycles. The van der Waals surface area contributed by atoms with E-state index < -0.39 is 0 Å². The summed E-state index contributed by atoms with van der Waals surface area (Å²) in [6.07, 6.45) is 15.6. The van der Waals surface area contributed by atoms with Gasteiger partial charge in [0.25, 0.3) is 0 Å². The molecule has 3 heteroatoms. The van der Waals surface area contributed by atoms with Crippen LogP contribution in [0.4, 0.5) is 0 Å². The maximum atomic E-state index is 4.68. The van der Waals surface area contributed by atoms with Crippen LogP contribution in [0.5, 0.6) is 0 Å². The quantitative estimate of drug-likeness (QED) is 0.246. The fourth-order valence-corrected chi connectivity index (χ4v) is 4.34. The minimum absolute atomic E-state index is 1.06. The summed E-state index contributed by atoms with van der Waals surface area (Å²) in [5.41, 5.74) is 4.91. The molecule has 2 aromatic heterocycles. The normalized spacial score (nSPS) is 11.4. The maximum Gasteiger partial charge on any atom is 0.308 e. The summed E-state index contributed by atoms with van der Waals surface area (Å²) in [4.78, 5) is 4.68. The Morgan fingerprint density at radius 1 is 0.862 bits per heavy atom. The van der Waals surface area contributed by atoms with Crippen molar-refractivity contribution in [3.63, 3.8) is 0 Å². The lowest BCUT2D eigenvalue weighted by atomic mass is 10.1. The molecule has 0 saturated heterocycles. The van der Waals surface area contributed by atoms with Crippen LogP contribution in [0.2, 0.25) is 0 Å². The van der Waals surface area contributed by atoms with Crippen molar-refractivity contribution in [2.75, 3.05) is 0 Å². The molecule has 0 saturated carbocycles. The Labute approximate surface area is 176 Å². The summed E-state index contributed by atoms with van der Waals surface area (Å²) in [6.45, 7) is 5.48. The number of imidazole rings is 1. The number of hydrogen-bond donors (Lipinski definition) is 0. The zero-order valence-electron chi connectivity index (χ0n) is 18.7. The van der Waals surface area contributed by atoms with E-state index in [1.165, 1.54) is 86.6 Å². The Morgan fingerprint density at radius 2 is 1.52 bits per heavy atom. The lowest BCUT2D eigenvalue weighted by Gasteiger charge is -2.05. The number of pyridine rings is 1. The van der Waals surface area contributed by atoms with Crippen molar-refractivity contribution < 1.29 is 4.57 Å². The average molecular weight is 393 g/mol. The van der Waals surface area contributed by atoms with Crippen LogP contribution in [-0.4, -0.2) is 9.55 Å². The topological polar surface area (TPSA) is 21.7 Å². The van der Waals surface area contributed by atoms with Crippen molar-refractivity contribution in [1.82, 2.24) is 9.55 Å². The summed E-state index contributed by atoms with van der Waals surface area (Å²) in [7, 11) is 2.16. The molecule has 3 aromatic rings. The Morgan fingerprint density at radius 3 is 2.21 bits per heavy atom. The Bertz CT molecular complexity index is 894. The van der Waals surface area contributed by atoms with Crippen molar-refractivity contribution >= 4 is 11.0 Å². The highest BCUT2D eigenvalue weighted by Crippen LogP contribution is 2.23. The van der Waals surface area contributed by atoms with Crippen LogP contribution in [0.25, 0.3) is 22.6 Å². The van der Waals surface area contributed by atoms with Crippen LogP contribution in [0.1, 0.15) is 76.7 Å². The first-order valence-corrected chi connectivity index (χ1v) is 11.6. The fraction of sp³-hybridized carbons (Fsp3) is 0.538. The third-order valence-corrected chi connectivity index (χ3v) is 5.99. The van der Waals surface area contributed by atoms with Gasteiger partial charge in [-0.3, -0.25) is 0 Å². The highest BCUT2D eigenvalue weighted by molar-refractivity contribution is 5.75. The molecule has 1 aromatic carbocycles. The smallest absolute Gasteiger partial charge is 0.248 e. The summed E-state index contributed by atoms with van der Waals surface area (Å²) in [5.74, 6) is 1.21. The van der Waals surface area contributed by atoms with E-state index in [9.17, 15) is 0 Å². The molecule has 156 valence electrons. The number of fused-ring (bicyclic) bond motifs is 1. The lowest BCUT2D eigenvalue weighted by Crippen LogP contribution is -2.30. The fourth-order valence-electron chi connectivity index (χ4n) is 4.34. The van der Waals surface area contributed by atoms with Gasteiger partial charge >= 0.3 is 5.82 Å². The number of aromatic nitrogens is 3. The van der Waals surface area contributed by atoms with Crippen LogP contribution in [-0.2, 0) is 13.6 Å². The number of hydrogen-bond acceptors (Lipinski definition) is 1. The van der Waals surface area contributed by atoms with E-state index in [1.54, 1.807) is 0 Å². The van der Waals surface area contributed by atoms with Gasteiger partial charge in [-0.2, -0.15) is 0 Å². The lowest BCUT2D eigenvalue weighted by molar-refractivity contribution is -0.634. The van der Waals surface area contributed by atoms with Gasteiger partial charge in [-0.25, -0.2) is 14.1 Å². The van der Waals surface area contributed by atoms with Gasteiger partial charge in [-0.1, -0.05) is 70.4 Å². The van der Waals surface area contributed by atoms with E-state index in [4.69, 9.17) is 0 Å². The second-order valence-electron chi connectivity index (χ2n) is 8.42. The minimum Gasteiger partial charge on any atom is -0.248 e. The predicted octanol–water partition coefficient (Wildman–Crippen LogP) is 6.76. The Kier molecular flexibility index (Phi) is 8.27. The molecule has 0 spiro atoms. The van der Waals surface area contributed by atoms with E-state index in [1.807, 2.05) is 6.20 Å². The first-order valence-electron chi connectivity index (χ1n) is 11.6. The summed E-state index contributed by atoms with van der Waals surface area (Å²) in [6, 6.07) is 13.0. The van der Waals surface area contributed by atoms with E-state index in [2.05, 4.69) is 71.4 Å². The molecule has 0 fully saturated rings. The molecule has 0 unspecified atom stereocenters. The second kappa shape index (κ2) is 11.1. The molecule has 0 aliphatic heterocycles. The molecule has 0 aliphatic carbocycles. The average Bonchev–Trinajstić information content (AvgIpc) is 3.01. The third kappa shape index (κ3) is 5.68. The molecular formula is C26H38N3+. The van der Waals surface area contributed by atoms with Gasteiger partial charge in [0, 0.05) is 6.20 Å². The predicted molar refractivity (Wildman–Crippen MR) is 123 cm³/mol. The molecule has 0 bridgehead atoms. The monoisotopic (exact) mass is 392 g/mol. The van der Waals surface area contributed by atoms with Crippen molar-refractivity contribution in [2.24, 2.45) is 7.05 Å². The molecule has 3 rings (SSSR count). The number of nitrogens with zero attached hydrogens (tertiary/aromatic N) is 3. The molecule has 0 amide bonds. The van der Waals surface area contributed by atoms with Gasteiger partial charge in [-0.05, 0) is 49.6 Å². The van der Waals surface area contributed by atoms with Gasteiger partial charge < -0.3 is 0 Å². The van der Waals surface area contributed by atoms with E-state index in [0.717, 1.165) is 12.2 Å². The maximum absolute atomic E-state index is 4.68. The number of para-hydroxylation sites is 2. The van der Waals surface area contributed by atoms with Crippen LogP contribution < -0.4 is 4.57 Å². The van der Waals surface area contributed by atoms with Crippen LogP contribution in [0.15, 0.2) is 42.6 Å². The highest BCUT2D eigenvalue weighted by Gasteiger charge is 2.24. The van der Waals surface area contributed by atoms with Gasteiger partial charge in [0.15, 0.2) is 16.7 Å². The standard InChI is InChI=1S/C26H38N3/c1-4-5-6-7-8-9-10-11-12-15-20-29-25-17-14-13-16-24(25)28(3)26(29)23-21-22(2)18-19-27-23/h13-14,16-19,21H,4-12,15,20H2,1-3H3/q+1. The molecular weight excluding hydrogens is 354 g/mol. The molecule has 29 heavy (non-hydrogen) atoms. The van der Waals surface area contributed by atoms with Gasteiger partial charge in [0.2, 0.25) is 0 Å². The Hall–Kier alpha value is -2.16. The summed E-state index contributed by atoms with van der Waals surface area (Å²) < 4.78 is 4.77. The first-order chi connectivity index (χ1) is 14.2. The molecule has 0 atom stereocenters. The van der Waals surface area contributed by atoms with Gasteiger partial charge in [0.05, 0.1) is 13.6 Å². The molecule has 0 aliphatic rings. The van der Waals surface area contributed by atoms with Gasteiger partial charge in [-0.15, -0.1) is 0 Å². The van der Waals surface area contributed by atoms with E-state index >= 15 is 0 Å². The largest absolute Gasteiger partial charge is 0.308 e. The summed E-state index contributed by atoms with van der Waals surface area (Å²) in [5, 5.41) is 0. The van der Waals surface area contributed by atoms with E-state index in [0.29, 0.717) is 0 Å². The SMILES string of the molecule is CCCCCCCCCCCCn1c(-c2cc(C)ccn2)[n+](C)c2ccccc21. The zero-order valence-corrected chi connectivity index (χ0v) is 18.7. The van der Waals surface area contributed by atoms with Crippen molar-refractivity contribution in [1.29, 1.82) is 0 Å². The number of aryl methyl sites for hydroxylation is 3. The Balaban J connectivity index is 1.61. The van der Waals surface area contributed by atoms with Crippen molar-refractivity contribution in [3.05, 3.63) is 48.2 Å². The van der Waals surface area contributed by atoms with Crippen molar-refractivity contribution in [2.45, 2.75) is 84.6 Å². The zero-order chi connectivity index (χ0) is 20.5. The van der Waals surface area contributed by atoms with Crippen LogP contribution in [0.3, 0.4) is 0 Å². The number of benzene rings is 1. The highest BCUT2D eigenvalue weighted by atomic mass is 15.2. The molecule has 3 nitrogen and oxygen atoms in total. The first kappa shape index (κ1) is 21.5. The number of unbranched alkanes of at least 4 members (excludes halogenated alkanes) is 9. The van der Waals surface area contributed by atoms with Crippen molar-refractivity contribution in [3.8, 4) is 11.5 Å². The molecule has 0 N–H and O–H groups in total. The van der Waals surface area contributed by atoms with Gasteiger partial charge in [0.1, 0.15) is 0 Å². The minimum atomic E-state index is 1.06. The second-order valence-corrected chi connectivity index (χ2v) is 8.42. The third-order valence-electron chi connectivity index (χ3n) is 5.99.